The zero-order valence-corrected chi connectivity index (χ0v) is 20.8. The highest BCUT2D eigenvalue weighted by Crippen LogP contribution is 2.13. The molecule has 0 saturated heterocycles. The summed E-state index contributed by atoms with van der Waals surface area (Å²) in [6.07, 6.45) is 2.49. The van der Waals surface area contributed by atoms with E-state index in [1.807, 2.05) is 32.4 Å². The van der Waals surface area contributed by atoms with E-state index in [4.69, 9.17) is 4.74 Å². The van der Waals surface area contributed by atoms with Crippen LogP contribution in [0.5, 0.6) is 0 Å². The number of ether oxygens (including phenoxy) is 1. The summed E-state index contributed by atoms with van der Waals surface area (Å²) in [6.45, 7) is 12.2. The van der Waals surface area contributed by atoms with Gasteiger partial charge in [-0.25, -0.2) is 14.5 Å². The van der Waals surface area contributed by atoms with Crippen LogP contribution in [0.2, 0.25) is 0 Å². The van der Waals surface area contributed by atoms with Gasteiger partial charge in [0.25, 0.3) is 0 Å². The van der Waals surface area contributed by atoms with Crippen LogP contribution in [-0.4, -0.2) is 70.0 Å². The molecular formula is C19H36IN7O2. The maximum atomic E-state index is 12.3. The van der Waals surface area contributed by atoms with Gasteiger partial charge in [0.15, 0.2) is 5.96 Å². The zero-order valence-electron chi connectivity index (χ0n) is 18.5. The van der Waals surface area contributed by atoms with Crippen molar-refractivity contribution in [1.29, 1.82) is 0 Å². The predicted molar refractivity (Wildman–Crippen MR) is 125 cm³/mol. The molecule has 2 N–H and O–H groups in total. The van der Waals surface area contributed by atoms with Gasteiger partial charge in [0, 0.05) is 39.1 Å². The minimum absolute atomic E-state index is 0. The lowest BCUT2D eigenvalue weighted by Gasteiger charge is -2.28. The Balaban J connectivity index is 0.00000420. The van der Waals surface area contributed by atoms with Gasteiger partial charge in [-0.15, -0.1) is 24.0 Å². The van der Waals surface area contributed by atoms with Gasteiger partial charge in [-0.05, 0) is 40.5 Å². The molecule has 0 aromatic carbocycles. The third-order valence-electron chi connectivity index (χ3n) is 4.35. The second kappa shape index (κ2) is 11.6. The number of rotatable bonds is 6. The molecule has 1 aromatic heterocycles. The summed E-state index contributed by atoms with van der Waals surface area (Å²) >= 11 is 0. The van der Waals surface area contributed by atoms with Crippen molar-refractivity contribution < 1.29 is 9.53 Å². The first-order valence-electron chi connectivity index (χ1n) is 10.1. The van der Waals surface area contributed by atoms with Gasteiger partial charge in [-0.1, -0.05) is 6.92 Å². The number of aliphatic imine (C=N–C) groups is 1. The van der Waals surface area contributed by atoms with Crippen LogP contribution in [0.3, 0.4) is 0 Å². The van der Waals surface area contributed by atoms with E-state index in [1.165, 1.54) is 0 Å². The Labute approximate surface area is 191 Å². The Morgan fingerprint density at radius 2 is 2.10 bits per heavy atom. The number of amides is 1. The number of aromatic nitrogens is 3. The number of hydrogen-bond acceptors (Lipinski definition) is 5. The Kier molecular flexibility index (Phi) is 10.1. The zero-order chi connectivity index (χ0) is 20.7. The van der Waals surface area contributed by atoms with Crippen molar-refractivity contribution in [2.75, 3.05) is 26.7 Å². The maximum absolute atomic E-state index is 12.3. The third-order valence-corrected chi connectivity index (χ3v) is 4.35. The van der Waals surface area contributed by atoms with E-state index in [-0.39, 0.29) is 36.1 Å². The number of carbonyl (C=O) groups excluding carboxylic acids is 1. The lowest BCUT2D eigenvalue weighted by molar-refractivity contribution is 0.0253. The van der Waals surface area contributed by atoms with Gasteiger partial charge >= 0.3 is 6.09 Å². The molecule has 10 heteroatoms. The molecule has 0 spiro atoms. The minimum atomic E-state index is -0.492. The van der Waals surface area contributed by atoms with Crippen molar-refractivity contribution in [3.05, 3.63) is 11.6 Å². The topological polar surface area (TPSA) is 96.7 Å². The van der Waals surface area contributed by atoms with E-state index >= 15 is 0 Å². The predicted octanol–water partition coefficient (Wildman–Crippen LogP) is 2.33. The van der Waals surface area contributed by atoms with Gasteiger partial charge in [0.2, 0.25) is 0 Å². The van der Waals surface area contributed by atoms with E-state index in [9.17, 15) is 4.79 Å². The molecule has 0 radical (unpaired) electrons. The molecule has 0 fully saturated rings. The molecule has 1 amide bonds. The van der Waals surface area contributed by atoms with E-state index in [0.717, 1.165) is 43.4 Å². The number of carbonyl (C=O) groups is 1. The van der Waals surface area contributed by atoms with Crippen LogP contribution in [0.25, 0.3) is 0 Å². The first-order chi connectivity index (χ1) is 13.2. The van der Waals surface area contributed by atoms with Crippen molar-refractivity contribution in [3.63, 3.8) is 0 Å². The van der Waals surface area contributed by atoms with E-state index in [0.29, 0.717) is 19.6 Å². The quantitative estimate of drug-likeness (QED) is 0.339. The Hall–Kier alpha value is -1.59. The van der Waals surface area contributed by atoms with Crippen molar-refractivity contribution in [2.24, 2.45) is 4.99 Å². The van der Waals surface area contributed by atoms with Crippen LogP contribution in [-0.2, 0) is 17.7 Å². The summed E-state index contributed by atoms with van der Waals surface area (Å²) in [6, 6.07) is 0.248. The normalized spacial score (nSPS) is 16.5. The number of hydrogen-bond donors (Lipinski definition) is 2. The van der Waals surface area contributed by atoms with Crippen molar-refractivity contribution >= 4 is 36.0 Å². The summed E-state index contributed by atoms with van der Waals surface area (Å²) in [7, 11) is 1.75. The summed E-state index contributed by atoms with van der Waals surface area (Å²) in [5.74, 6) is 2.59. The first-order valence-corrected chi connectivity index (χ1v) is 10.1. The fourth-order valence-corrected chi connectivity index (χ4v) is 3.14. The fourth-order valence-electron chi connectivity index (χ4n) is 3.14. The standard InChI is InChI=1S/C19H35N7O2.HI/c1-7-11-25(18(27)28-19(3,4)5)12-10-21-17(20-6)23-15-8-9-16-22-14(2)24-26(16)13-15;/h15H,7-13H2,1-6H3,(H2,20,21,23);1H. The molecule has 9 nitrogen and oxygen atoms in total. The number of aryl methyl sites for hydroxylation is 2. The van der Waals surface area contributed by atoms with Crippen LogP contribution >= 0.6 is 24.0 Å². The van der Waals surface area contributed by atoms with Crippen LogP contribution in [0, 0.1) is 6.92 Å². The second-order valence-corrected chi connectivity index (χ2v) is 8.10. The largest absolute Gasteiger partial charge is 0.444 e. The van der Waals surface area contributed by atoms with Crippen LogP contribution < -0.4 is 10.6 Å². The van der Waals surface area contributed by atoms with Crippen LogP contribution in [0.1, 0.15) is 52.2 Å². The molecule has 29 heavy (non-hydrogen) atoms. The number of fused-ring (bicyclic) bond motifs is 1. The minimum Gasteiger partial charge on any atom is -0.444 e. The molecule has 0 saturated carbocycles. The van der Waals surface area contributed by atoms with Crippen molar-refractivity contribution in [2.45, 2.75) is 72.1 Å². The number of guanidine groups is 1. The average molecular weight is 521 g/mol. The summed E-state index contributed by atoms with van der Waals surface area (Å²) in [5.41, 5.74) is -0.492. The highest BCUT2D eigenvalue weighted by Gasteiger charge is 2.23. The van der Waals surface area contributed by atoms with E-state index < -0.39 is 5.60 Å². The smallest absolute Gasteiger partial charge is 0.410 e. The van der Waals surface area contributed by atoms with Gasteiger partial charge in [0.05, 0.1) is 6.54 Å². The van der Waals surface area contributed by atoms with E-state index in [2.05, 4.69) is 32.6 Å². The monoisotopic (exact) mass is 521 g/mol. The molecule has 1 atom stereocenters. The molecule has 1 aliphatic rings. The molecule has 166 valence electrons. The highest BCUT2D eigenvalue weighted by atomic mass is 127. The van der Waals surface area contributed by atoms with Crippen LogP contribution in [0.15, 0.2) is 4.99 Å². The molecule has 1 unspecified atom stereocenters. The van der Waals surface area contributed by atoms with Gasteiger partial charge in [-0.3, -0.25) is 4.99 Å². The van der Waals surface area contributed by atoms with E-state index in [1.54, 1.807) is 11.9 Å². The molecule has 0 bridgehead atoms. The second-order valence-electron chi connectivity index (χ2n) is 8.10. The summed E-state index contributed by atoms with van der Waals surface area (Å²) in [4.78, 5) is 22.8. The average Bonchev–Trinajstić information content (AvgIpc) is 2.97. The molecule has 2 heterocycles. The first kappa shape index (κ1) is 25.4. The Morgan fingerprint density at radius 1 is 1.38 bits per heavy atom. The van der Waals surface area contributed by atoms with Gasteiger partial charge in [0.1, 0.15) is 17.2 Å². The lowest BCUT2D eigenvalue weighted by atomic mass is 10.1. The van der Waals surface area contributed by atoms with Crippen LogP contribution in [0.4, 0.5) is 4.79 Å². The lowest BCUT2D eigenvalue weighted by Crippen LogP contribution is -2.49. The van der Waals surface area contributed by atoms with Crippen molar-refractivity contribution in [1.82, 2.24) is 30.3 Å². The molecule has 1 aliphatic heterocycles. The molecule has 2 rings (SSSR count). The number of nitrogens with one attached hydrogen (secondary N) is 2. The summed E-state index contributed by atoms with van der Waals surface area (Å²) < 4.78 is 7.46. The summed E-state index contributed by atoms with van der Waals surface area (Å²) in [5, 5.41) is 11.2. The maximum Gasteiger partial charge on any atom is 0.410 e. The Bertz CT molecular complexity index is 685. The SMILES string of the molecule is CCCN(CCNC(=NC)NC1CCc2nc(C)nn2C1)C(=O)OC(C)(C)C.I. The molecular weight excluding hydrogens is 485 g/mol. The molecule has 1 aromatic rings. The van der Waals surface area contributed by atoms with Crippen molar-refractivity contribution in [3.8, 4) is 0 Å². The number of nitrogens with zero attached hydrogens (tertiary/aromatic N) is 5. The third kappa shape index (κ3) is 8.35. The van der Waals surface area contributed by atoms with Gasteiger partial charge < -0.3 is 20.3 Å². The Morgan fingerprint density at radius 3 is 2.72 bits per heavy atom. The fraction of sp³-hybridized carbons (Fsp3) is 0.789. The van der Waals surface area contributed by atoms with Gasteiger partial charge in [-0.2, -0.15) is 5.10 Å². The molecule has 0 aliphatic carbocycles. The number of halogens is 1. The highest BCUT2D eigenvalue weighted by molar-refractivity contribution is 14.0.